The van der Waals surface area contributed by atoms with Crippen molar-refractivity contribution < 1.29 is 13.2 Å². The predicted octanol–water partition coefficient (Wildman–Crippen LogP) is 3.45. The number of aromatic nitrogens is 3. The maximum absolute atomic E-state index is 13.8. The van der Waals surface area contributed by atoms with Crippen LogP contribution in [0.25, 0.3) is 22.4 Å². The van der Waals surface area contributed by atoms with Crippen LogP contribution in [0.5, 0.6) is 0 Å². The molecule has 0 fully saturated rings. The average molecular weight is 339 g/mol. The van der Waals surface area contributed by atoms with Crippen LogP contribution in [0.1, 0.15) is 11.5 Å². The summed E-state index contributed by atoms with van der Waals surface area (Å²) < 4.78 is 32.9. The third kappa shape index (κ3) is 2.80. The van der Waals surface area contributed by atoms with E-state index in [1.165, 1.54) is 6.07 Å². The van der Waals surface area contributed by atoms with Crippen molar-refractivity contribution in [2.45, 2.75) is 6.42 Å². The van der Waals surface area contributed by atoms with Crippen LogP contribution in [-0.4, -0.2) is 15.2 Å². The SMILES string of the molecule is O=c1[nH]c2ccccc2cc1Cc1nnc(-c2c(F)cccc2F)o1. The third-order valence-corrected chi connectivity index (χ3v) is 3.82. The number of nitrogens with one attached hydrogen (secondary N) is 1. The molecule has 0 saturated carbocycles. The van der Waals surface area contributed by atoms with Crippen molar-refractivity contribution in [2.75, 3.05) is 0 Å². The Bertz CT molecular complexity index is 1110. The Morgan fingerprint density at radius 2 is 1.76 bits per heavy atom. The normalized spacial score (nSPS) is 11.1. The molecule has 2 aromatic heterocycles. The summed E-state index contributed by atoms with van der Waals surface area (Å²) in [6.45, 7) is 0. The Morgan fingerprint density at radius 3 is 2.56 bits per heavy atom. The monoisotopic (exact) mass is 339 g/mol. The van der Waals surface area contributed by atoms with Gasteiger partial charge in [0, 0.05) is 11.1 Å². The van der Waals surface area contributed by atoms with Crippen molar-refractivity contribution in [3.63, 3.8) is 0 Å². The van der Waals surface area contributed by atoms with Crippen molar-refractivity contribution >= 4 is 10.9 Å². The van der Waals surface area contributed by atoms with Crippen molar-refractivity contribution in [2.24, 2.45) is 0 Å². The Kier molecular flexibility index (Phi) is 3.61. The molecular weight excluding hydrogens is 328 g/mol. The number of aromatic amines is 1. The quantitative estimate of drug-likeness (QED) is 0.620. The van der Waals surface area contributed by atoms with Gasteiger partial charge in [0.2, 0.25) is 5.89 Å². The van der Waals surface area contributed by atoms with Gasteiger partial charge in [0.1, 0.15) is 17.2 Å². The lowest BCUT2D eigenvalue weighted by molar-refractivity contribution is 0.504. The second kappa shape index (κ2) is 5.94. The number of hydrogen-bond donors (Lipinski definition) is 1. The van der Waals surface area contributed by atoms with E-state index in [1.54, 1.807) is 12.1 Å². The van der Waals surface area contributed by atoms with E-state index in [2.05, 4.69) is 15.2 Å². The van der Waals surface area contributed by atoms with Crippen molar-refractivity contribution in [1.82, 2.24) is 15.2 Å². The number of benzene rings is 2. The molecule has 0 radical (unpaired) electrons. The van der Waals surface area contributed by atoms with Crippen LogP contribution in [0.3, 0.4) is 0 Å². The minimum absolute atomic E-state index is 0.0588. The summed E-state index contributed by atoms with van der Waals surface area (Å²) in [5.74, 6) is -1.75. The first-order valence-electron chi connectivity index (χ1n) is 7.49. The van der Waals surface area contributed by atoms with Crippen LogP contribution in [0.4, 0.5) is 8.78 Å². The number of hydrogen-bond acceptors (Lipinski definition) is 4. The highest BCUT2D eigenvalue weighted by molar-refractivity contribution is 5.78. The number of para-hydroxylation sites is 1. The number of pyridine rings is 1. The summed E-state index contributed by atoms with van der Waals surface area (Å²) in [4.78, 5) is 14.9. The van der Waals surface area contributed by atoms with Gasteiger partial charge in [0.25, 0.3) is 11.4 Å². The molecule has 25 heavy (non-hydrogen) atoms. The minimum Gasteiger partial charge on any atom is -0.420 e. The molecule has 4 aromatic rings. The van der Waals surface area contributed by atoms with E-state index < -0.39 is 11.6 Å². The van der Waals surface area contributed by atoms with Gasteiger partial charge in [-0.2, -0.15) is 0 Å². The summed E-state index contributed by atoms with van der Waals surface area (Å²) in [5.41, 5.74) is 0.475. The van der Waals surface area contributed by atoms with Crippen LogP contribution in [-0.2, 0) is 6.42 Å². The van der Waals surface area contributed by atoms with Gasteiger partial charge in [-0.15, -0.1) is 10.2 Å². The zero-order valence-corrected chi connectivity index (χ0v) is 12.8. The molecule has 2 aromatic carbocycles. The largest absolute Gasteiger partial charge is 0.420 e. The molecule has 0 spiro atoms. The summed E-state index contributed by atoms with van der Waals surface area (Å²) in [6.07, 6.45) is 0.0588. The number of H-pyrrole nitrogens is 1. The fraction of sp³-hybridized carbons (Fsp3) is 0.0556. The smallest absolute Gasteiger partial charge is 0.253 e. The molecule has 5 nitrogen and oxygen atoms in total. The number of fused-ring (bicyclic) bond motifs is 1. The van der Waals surface area contributed by atoms with Crippen LogP contribution in [0.2, 0.25) is 0 Å². The van der Waals surface area contributed by atoms with Gasteiger partial charge in [-0.05, 0) is 29.7 Å². The highest BCUT2D eigenvalue weighted by Crippen LogP contribution is 2.25. The molecule has 124 valence electrons. The standard InChI is InChI=1S/C18H11F2N3O2/c19-12-5-3-6-13(20)16(12)18-23-22-15(25-18)9-11-8-10-4-1-2-7-14(10)21-17(11)24/h1-8H,9H2,(H,21,24). The Morgan fingerprint density at radius 1 is 1.00 bits per heavy atom. The van der Waals surface area contributed by atoms with E-state index in [0.717, 1.165) is 23.0 Å². The average Bonchev–Trinajstić information content (AvgIpc) is 3.03. The van der Waals surface area contributed by atoms with Gasteiger partial charge in [-0.3, -0.25) is 4.79 Å². The Labute approximate surface area is 140 Å². The Balaban J connectivity index is 1.70. The van der Waals surface area contributed by atoms with Crippen molar-refractivity contribution in [3.8, 4) is 11.5 Å². The highest BCUT2D eigenvalue weighted by Gasteiger charge is 2.18. The van der Waals surface area contributed by atoms with Crippen LogP contribution >= 0.6 is 0 Å². The van der Waals surface area contributed by atoms with Gasteiger partial charge in [0.05, 0.1) is 6.42 Å². The fourth-order valence-electron chi connectivity index (χ4n) is 2.61. The summed E-state index contributed by atoms with van der Waals surface area (Å²) in [6, 6.07) is 12.5. The van der Waals surface area contributed by atoms with E-state index in [4.69, 9.17) is 4.42 Å². The first-order chi connectivity index (χ1) is 12.1. The maximum Gasteiger partial charge on any atom is 0.253 e. The van der Waals surface area contributed by atoms with E-state index >= 15 is 0 Å². The molecule has 1 N–H and O–H groups in total. The molecular formula is C18H11F2N3O2. The lowest BCUT2D eigenvalue weighted by Gasteiger charge is -2.01. The molecule has 4 rings (SSSR count). The topological polar surface area (TPSA) is 71.8 Å². The van der Waals surface area contributed by atoms with Gasteiger partial charge in [-0.1, -0.05) is 24.3 Å². The summed E-state index contributed by atoms with van der Waals surface area (Å²) in [5, 5.41) is 8.33. The van der Waals surface area contributed by atoms with Crippen molar-refractivity contribution in [3.05, 3.63) is 82.0 Å². The second-order valence-electron chi connectivity index (χ2n) is 5.49. The summed E-state index contributed by atoms with van der Waals surface area (Å²) >= 11 is 0. The molecule has 0 saturated heterocycles. The molecule has 0 atom stereocenters. The van der Waals surface area contributed by atoms with Crippen LogP contribution in [0.15, 0.2) is 57.7 Å². The second-order valence-corrected chi connectivity index (χ2v) is 5.49. The Hall–Kier alpha value is -3.35. The van der Waals surface area contributed by atoms with Gasteiger partial charge < -0.3 is 9.40 Å². The fourth-order valence-corrected chi connectivity index (χ4v) is 2.61. The molecule has 0 aliphatic heterocycles. The minimum atomic E-state index is -0.793. The zero-order valence-electron chi connectivity index (χ0n) is 12.8. The zero-order chi connectivity index (χ0) is 17.4. The van der Waals surface area contributed by atoms with Gasteiger partial charge in [-0.25, -0.2) is 8.78 Å². The first-order valence-corrected chi connectivity index (χ1v) is 7.49. The van der Waals surface area contributed by atoms with Crippen LogP contribution in [0, 0.1) is 11.6 Å². The highest BCUT2D eigenvalue weighted by atomic mass is 19.1. The molecule has 0 bridgehead atoms. The van der Waals surface area contributed by atoms with E-state index in [9.17, 15) is 13.6 Å². The first kappa shape index (κ1) is 15.2. The lowest BCUT2D eigenvalue weighted by Crippen LogP contribution is -2.12. The number of nitrogens with zero attached hydrogens (tertiary/aromatic N) is 2. The third-order valence-electron chi connectivity index (χ3n) is 3.82. The number of halogens is 2. The van der Waals surface area contributed by atoms with Crippen LogP contribution < -0.4 is 5.56 Å². The molecule has 2 heterocycles. The lowest BCUT2D eigenvalue weighted by atomic mass is 10.1. The number of rotatable bonds is 3. The molecule has 0 amide bonds. The molecule has 0 aliphatic rings. The predicted molar refractivity (Wildman–Crippen MR) is 87.0 cm³/mol. The summed E-state index contributed by atoms with van der Waals surface area (Å²) in [7, 11) is 0. The molecule has 7 heteroatoms. The van der Waals surface area contributed by atoms with Gasteiger partial charge >= 0.3 is 0 Å². The maximum atomic E-state index is 13.8. The van der Waals surface area contributed by atoms with Crippen molar-refractivity contribution in [1.29, 1.82) is 0 Å². The van der Waals surface area contributed by atoms with Gasteiger partial charge in [0.15, 0.2) is 0 Å². The van der Waals surface area contributed by atoms with E-state index in [1.807, 2.05) is 18.2 Å². The van der Waals surface area contributed by atoms with E-state index in [-0.39, 0.29) is 29.3 Å². The molecule has 0 aliphatic carbocycles. The molecule has 0 unspecified atom stereocenters. The van der Waals surface area contributed by atoms with E-state index in [0.29, 0.717) is 5.56 Å².